The Kier molecular flexibility index (Phi) is 2.25. The van der Waals surface area contributed by atoms with Gasteiger partial charge in [0, 0.05) is 12.6 Å². The van der Waals surface area contributed by atoms with Crippen LogP contribution in [0.3, 0.4) is 0 Å². The number of hydrogen-bond donors (Lipinski definition) is 4. The van der Waals surface area contributed by atoms with Crippen molar-refractivity contribution in [3.63, 3.8) is 0 Å². The van der Waals surface area contributed by atoms with Gasteiger partial charge >= 0.3 is 0 Å². The summed E-state index contributed by atoms with van der Waals surface area (Å²) in [6, 6.07) is -0.140. The third kappa shape index (κ3) is 1.29. The molecule has 0 aromatic carbocycles. The van der Waals surface area contributed by atoms with Crippen LogP contribution in [0.1, 0.15) is 6.92 Å². The van der Waals surface area contributed by atoms with Crippen LogP contribution in [0, 0.1) is 0 Å². The maximum Gasteiger partial charge on any atom is 0.108 e. The summed E-state index contributed by atoms with van der Waals surface area (Å²) in [5, 5.41) is 30.1. The second kappa shape index (κ2) is 2.84. The Bertz CT molecular complexity index is 106. The van der Waals surface area contributed by atoms with Gasteiger partial charge in [-0.25, -0.2) is 0 Å². The summed E-state index contributed by atoms with van der Waals surface area (Å²) in [5.41, 5.74) is 0. The molecule has 0 aromatic rings. The quantitative estimate of drug-likeness (QED) is 0.322. The minimum Gasteiger partial charge on any atom is -0.389 e. The van der Waals surface area contributed by atoms with E-state index in [9.17, 15) is 0 Å². The molecule has 4 atom stereocenters. The highest BCUT2D eigenvalue weighted by atomic mass is 16.4. The van der Waals surface area contributed by atoms with E-state index >= 15 is 0 Å². The van der Waals surface area contributed by atoms with Gasteiger partial charge in [-0.15, -0.1) is 0 Å². The zero-order chi connectivity index (χ0) is 7.72. The third-order valence-electron chi connectivity index (χ3n) is 1.91. The number of hydrogen-bond acceptors (Lipinski definition) is 4. The molecule has 4 N–H and O–H groups in total. The first kappa shape index (κ1) is 7.94. The van der Waals surface area contributed by atoms with E-state index in [-0.39, 0.29) is 6.04 Å². The topological polar surface area (TPSA) is 72.7 Å². The second-order valence-corrected chi connectivity index (χ2v) is 2.75. The van der Waals surface area contributed by atoms with Crippen molar-refractivity contribution >= 4 is 0 Å². The van der Waals surface area contributed by atoms with Crippen molar-refractivity contribution in [3.8, 4) is 0 Å². The van der Waals surface area contributed by atoms with Crippen molar-refractivity contribution in [2.45, 2.75) is 31.3 Å². The van der Waals surface area contributed by atoms with Gasteiger partial charge in [-0.05, 0) is 6.92 Å². The van der Waals surface area contributed by atoms with Crippen LogP contribution in [0.5, 0.6) is 0 Å². The predicted octanol–water partition coefficient (Wildman–Crippen LogP) is -1.94. The zero-order valence-corrected chi connectivity index (χ0v) is 5.86. The van der Waals surface area contributed by atoms with E-state index in [1.165, 1.54) is 0 Å². The van der Waals surface area contributed by atoms with E-state index in [4.69, 9.17) is 15.3 Å². The molecule has 1 aliphatic rings. The summed E-state index contributed by atoms with van der Waals surface area (Å²) in [5.74, 6) is 0. The second-order valence-electron chi connectivity index (χ2n) is 2.75. The average molecular weight is 147 g/mol. The molecule has 0 bridgehead atoms. The molecule has 0 aromatic heterocycles. The van der Waals surface area contributed by atoms with Crippen molar-refractivity contribution in [2.24, 2.45) is 0 Å². The molecule has 0 radical (unpaired) electrons. The number of aliphatic hydroxyl groups is 3. The van der Waals surface area contributed by atoms with Crippen LogP contribution >= 0.6 is 0 Å². The molecule has 1 aliphatic heterocycles. The molecular weight excluding hydrogens is 134 g/mol. The van der Waals surface area contributed by atoms with Crippen LogP contribution in [0.25, 0.3) is 0 Å². The van der Waals surface area contributed by atoms with Crippen molar-refractivity contribution in [3.05, 3.63) is 0 Å². The lowest BCUT2D eigenvalue weighted by Crippen LogP contribution is -2.58. The molecule has 0 aliphatic carbocycles. The summed E-state index contributed by atoms with van der Waals surface area (Å²) in [6.45, 7) is 2.11. The Balaban J connectivity index is 2.52. The Morgan fingerprint density at radius 2 is 1.80 bits per heavy atom. The molecule has 1 heterocycles. The molecule has 1 rings (SSSR count). The van der Waals surface area contributed by atoms with Crippen LogP contribution in [0.15, 0.2) is 0 Å². The Hall–Kier alpha value is -0.160. The molecule has 1 fully saturated rings. The summed E-state index contributed by atoms with van der Waals surface area (Å²) >= 11 is 0. The first-order valence-corrected chi connectivity index (χ1v) is 3.40. The molecule has 60 valence electrons. The monoisotopic (exact) mass is 147 g/mol. The minimum absolute atomic E-state index is 0.140. The zero-order valence-electron chi connectivity index (χ0n) is 5.86. The fourth-order valence-electron chi connectivity index (χ4n) is 1.07. The molecule has 0 amide bonds. The molecule has 0 spiro atoms. The fourth-order valence-corrected chi connectivity index (χ4v) is 1.07. The van der Waals surface area contributed by atoms with Crippen molar-refractivity contribution in [1.29, 1.82) is 0 Å². The van der Waals surface area contributed by atoms with Crippen molar-refractivity contribution in [2.75, 3.05) is 6.54 Å². The Morgan fingerprint density at radius 3 is 2.30 bits per heavy atom. The molecular formula is C6H13NO3. The van der Waals surface area contributed by atoms with E-state index in [0.29, 0.717) is 6.54 Å². The highest BCUT2D eigenvalue weighted by Crippen LogP contribution is 2.09. The lowest BCUT2D eigenvalue weighted by Gasteiger charge is -2.33. The lowest BCUT2D eigenvalue weighted by molar-refractivity contribution is -0.0910. The molecule has 4 heteroatoms. The van der Waals surface area contributed by atoms with Crippen LogP contribution in [-0.4, -0.2) is 46.2 Å². The predicted molar refractivity (Wildman–Crippen MR) is 35.5 cm³/mol. The average Bonchev–Trinajstić information content (AvgIpc) is 1.93. The van der Waals surface area contributed by atoms with Gasteiger partial charge in [0.25, 0.3) is 0 Å². The van der Waals surface area contributed by atoms with Crippen LogP contribution < -0.4 is 5.32 Å². The summed E-state index contributed by atoms with van der Waals surface area (Å²) in [6.07, 6.45) is -2.70. The maximum absolute atomic E-state index is 9.14. The first-order chi connectivity index (χ1) is 4.63. The van der Waals surface area contributed by atoms with E-state index in [1.807, 2.05) is 0 Å². The Labute approximate surface area is 59.5 Å². The van der Waals surface area contributed by atoms with Crippen LogP contribution in [0.2, 0.25) is 0 Å². The molecule has 10 heavy (non-hydrogen) atoms. The lowest BCUT2D eigenvalue weighted by atomic mass is 9.98. The maximum atomic E-state index is 9.14. The standard InChI is InChI=1S/C6H13NO3/c1-3-5(9)6(10)4(8)2-7-3/h3-10H,2H2,1H3/t3-,4-,5+,6+/m0/s1. The van der Waals surface area contributed by atoms with Gasteiger partial charge in [0.15, 0.2) is 0 Å². The van der Waals surface area contributed by atoms with Gasteiger partial charge in [0.2, 0.25) is 0 Å². The summed E-state index contributed by atoms with van der Waals surface area (Å²) in [7, 11) is 0. The van der Waals surface area contributed by atoms with Crippen molar-refractivity contribution in [1.82, 2.24) is 5.32 Å². The number of β-amino-alcohol motifs (C(OH)–C–C–N with tert-alkyl or cyclic N) is 1. The highest BCUT2D eigenvalue weighted by Gasteiger charge is 2.33. The van der Waals surface area contributed by atoms with Gasteiger partial charge in [-0.3, -0.25) is 0 Å². The van der Waals surface area contributed by atoms with E-state index < -0.39 is 18.3 Å². The molecule has 0 unspecified atom stereocenters. The fraction of sp³-hybridized carbons (Fsp3) is 1.00. The summed E-state index contributed by atoms with van der Waals surface area (Å²) in [4.78, 5) is 0. The number of rotatable bonds is 0. The van der Waals surface area contributed by atoms with E-state index in [0.717, 1.165) is 0 Å². The number of nitrogens with one attached hydrogen (secondary N) is 1. The van der Waals surface area contributed by atoms with Crippen LogP contribution in [0.4, 0.5) is 0 Å². The molecule has 0 saturated carbocycles. The minimum atomic E-state index is -1.00. The molecule has 1 saturated heterocycles. The first-order valence-electron chi connectivity index (χ1n) is 3.40. The van der Waals surface area contributed by atoms with E-state index in [2.05, 4.69) is 5.32 Å². The number of piperidine rings is 1. The molecule has 4 nitrogen and oxygen atoms in total. The van der Waals surface area contributed by atoms with Gasteiger partial charge in [-0.2, -0.15) is 0 Å². The highest BCUT2D eigenvalue weighted by molar-refractivity contribution is 4.89. The van der Waals surface area contributed by atoms with Crippen molar-refractivity contribution < 1.29 is 15.3 Å². The third-order valence-corrected chi connectivity index (χ3v) is 1.91. The normalized spacial score (nSPS) is 49.2. The van der Waals surface area contributed by atoms with Crippen LogP contribution in [-0.2, 0) is 0 Å². The number of aliphatic hydroxyl groups excluding tert-OH is 3. The smallest absolute Gasteiger partial charge is 0.108 e. The SMILES string of the molecule is C[C@@H]1NC[C@H](O)[C@@H](O)[C@@H]1O. The summed E-state index contributed by atoms with van der Waals surface area (Å²) < 4.78 is 0. The van der Waals surface area contributed by atoms with Gasteiger partial charge in [-0.1, -0.05) is 0 Å². The Morgan fingerprint density at radius 1 is 1.20 bits per heavy atom. The van der Waals surface area contributed by atoms with Gasteiger partial charge in [0.1, 0.15) is 6.10 Å². The van der Waals surface area contributed by atoms with Gasteiger partial charge in [0.05, 0.1) is 12.2 Å². The largest absolute Gasteiger partial charge is 0.389 e. The van der Waals surface area contributed by atoms with E-state index in [1.54, 1.807) is 6.92 Å². The van der Waals surface area contributed by atoms with Gasteiger partial charge < -0.3 is 20.6 Å².